The van der Waals surface area contributed by atoms with Crippen LogP contribution in [-0.4, -0.2) is 35.9 Å². The van der Waals surface area contributed by atoms with Crippen LogP contribution in [0.25, 0.3) is 0 Å². The number of ketones is 1. The van der Waals surface area contributed by atoms with E-state index in [1.54, 1.807) is 27.7 Å². The Morgan fingerprint density at radius 2 is 1.88 bits per heavy atom. The predicted octanol–water partition coefficient (Wildman–Crippen LogP) is 0.855. The molecule has 0 aromatic rings. The zero-order valence-electron chi connectivity index (χ0n) is 10.1. The Labute approximate surface area is 94.0 Å². The maximum atomic E-state index is 11.9. The van der Waals surface area contributed by atoms with Gasteiger partial charge in [-0.05, 0) is 27.7 Å². The van der Waals surface area contributed by atoms with Crippen molar-refractivity contribution in [3.05, 3.63) is 0 Å². The second-order valence-corrected chi connectivity index (χ2v) is 4.52. The fraction of sp³-hybridized carbons (Fsp3) is 0.700. The number of hydrogen-bond donors (Lipinski definition) is 1. The monoisotopic (exact) mass is 228 g/mol. The largest absolute Gasteiger partial charge is 0.452 e. The molecule has 1 aliphatic rings. The van der Waals surface area contributed by atoms with Crippen molar-refractivity contribution in [1.82, 2.24) is 5.43 Å². The van der Waals surface area contributed by atoms with E-state index in [-0.39, 0.29) is 11.5 Å². The average molecular weight is 228 g/mol. The van der Waals surface area contributed by atoms with Gasteiger partial charge in [-0.25, -0.2) is 10.2 Å². The van der Waals surface area contributed by atoms with Crippen LogP contribution in [0.5, 0.6) is 0 Å². The first-order valence-corrected chi connectivity index (χ1v) is 4.88. The molecule has 1 rings (SSSR count). The van der Waals surface area contributed by atoms with Crippen molar-refractivity contribution >= 4 is 17.6 Å². The SMILES string of the molecule is COC(=O)N/N=C1\C(=O)C(C)(C)OC1(C)C. The number of carbonyl (C=O) groups excluding carboxylic acids is 2. The summed E-state index contributed by atoms with van der Waals surface area (Å²) in [5, 5.41) is 3.74. The summed E-state index contributed by atoms with van der Waals surface area (Å²) < 4.78 is 9.91. The summed E-state index contributed by atoms with van der Waals surface area (Å²) in [4.78, 5) is 22.8. The quantitative estimate of drug-likeness (QED) is 0.675. The normalized spacial score (nSPS) is 24.6. The van der Waals surface area contributed by atoms with Gasteiger partial charge < -0.3 is 9.47 Å². The fourth-order valence-electron chi connectivity index (χ4n) is 1.62. The van der Waals surface area contributed by atoms with Crippen LogP contribution in [0.4, 0.5) is 4.79 Å². The smallest absolute Gasteiger partial charge is 0.427 e. The van der Waals surface area contributed by atoms with E-state index >= 15 is 0 Å². The minimum Gasteiger partial charge on any atom is -0.452 e. The zero-order valence-corrected chi connectivity index (χ0v) is 10.1. The third kappa shape index (κ3) is 2.21. The Morgan fingerprint density at radius 1 is 1.31 bits per heavy atom. The third-order valence-corrected chi connectivity index (χ3v) is 2.29. The third-order valence-electron chi connectivity index (χ3n) is 2.29. The molecule has 1 N–H and O–H groups in total. The molecule has 6 nitrogen and oxygen atoms in total. The van der Waals surface area contributed by atoms with E-state index in [0.29, 0.717) is 0 Å². The lowest BCUT2D eigenvalue weighted by molar-refractivity contribution is -0.131. The number of nitrogens with zero attached hydrogens (tertiary/aromatic N) is 1. The molecule has 0 aromatic carbocycles. The van der Waals surface area contributed by atoms with E-state index in [9.17, 15) is 9.59 Å². The van der Waals surface area contributed by atoms with Gasteiger partial charge in [0.2, 0.25) is 5.78 Å². The van der Waals surface area contributed by atoms with Crippen molar-refractivity contribution in [3.63, 3.8) is 0 Å². The van der Waals surface area contributed by atoms with Gasteiger partial charge >= 0.3 is 6.09 Å². The van der Waals surface area contributed by atoms with Crippen LogP contribution in [0.1, 0.15) is 27.7 Å². The number of rotatable bonds is 1. The maximum absolute atomic E-state index is 11.9. The summed E-state index contributed by atoms with van der Waals surface area (Å²) in [6.45, 7) is 6.77. The van der Waals surface area contributed by atoms with E-state index in [1.807, 2.05) is 0 Å². The van der Waals surface area contributed by atoms with Crippen molar-refractivity contribution < 1.29 is 19.1 Å². The molecule has 0 bridgehead atoms. The highest BCUT2D eigenvalue weighted by atomic mass is 16.5. The van der Waals surface area contributed by atoms with Crippen LogP contribution >= 0.6 is 0 Å². The lowest BCUT2D eigenvalue weighted by atomic mass is 9.97. The average Bonchev–Trinajstić information content (AvgIpc) is 2.29. The molecule has 0 aromatic heterocycles. The Morgan fingerprint density at radius 3 is 2.25 bits per heavy atom. The highest BCUT2D eigenvalue weighted by molar-refractivity contribution is 6.47. The van der Waals surface area contributed by atoms with Crippen LogP contribution in [0.15, 0.2) is 5.10 Å². The molecule has 0 unspecified atom stereocenters. The summed E-state index contributed by atoms with van der Waals surface area (Å²) in [5.41, 5.74) is 0.573. The lowest BCUT2D eigenvalue weighted by Gasteiger charge is -2.21. The van der Waals surface area contributed by atoms with Crippen LogP contribution < -0.4 is 5.43 Å². The molecule has 90 valence electrons. The van der Waals surface area contributed by atoms with Gasteiger partial charge in [0.1, 0.15) is 16.9 Å². The van der Waals surface area contributed by atoms with Crippen LogP contribution in [-0.2, 0) is 14.3 Å². The summed E-state index contributed by atoms with van der Waals surface area (Å²) in [5.74, 6) is -0.242. The molecule has 1 aliphatic heterocycles. The first kappa shape index (κ1) is 12.6. The lowest BCUT2D eigenvalue weighted by Crippen LogP contribution is -2.34. The van der Waals surface area contributed by atoms with Gasteiger partial charge in [-0.1, -0.05) is 0 Å². The molecule has 0 atom stereocenters. The van der Waals surface area contributed by atoms with Gasteiger partial charge in [0.15, 0.2) is 0 Å². The van der Waals surface area contributed by atoms with Crippen molar-refractivity contribution in [2.45, 2.75) is 38.9 Å². The van der Waals surface area contributed by atoms with Crippen molar-refractivity contribution in [2.75, 3.05) is 7.11 Å². The zero-order chi connectivity index (χ0) is 12.6. The number of methoxy groups -OCH3 is 1. The van der Waals surface area contributed by atoms with E-state index in [2.05, 4.69) is 15.3 Å². The van der Waals surface area contributed by atoms with E-state index in [4.69, 9.17) is 4.74 Å². The van der Waals surface area contributed by atoms with Gasteiger partial charge in [0.05, 0.1) is 7.11 Å². The molecular weight excluding hydrogens is 212 g/mol. The molecule has 1 amide bonds. The number of ether oxygens (including phenoxy) is 2. The van der Waals surface area contributed by atoms with Gasteiger partial charge in [-0.2, -0.15) is 5.10 Å². The van der Waals surface area contributed by atoms with E-state index in [0.717, 1.165) is 0 Å². The van der Waals surface area contributed by atoms with Gasteiger partial charge in [-0.15, -0.1) is 0 Å². The molecule has 0 radical (unpaired) electrons. The molecular formula is C10H16N2O4. The van der Waals surface area contributed by atoms with Gasteiger partial charge in [0.25, 0.3) is 0 Å². The fourth-order valence-corrected chi connectivity index (χ4v) is 1.62. The molecule has 1 fully saturated rings. The minimum atomic E-state index is -0.917. The van der Waals surface area contributed by atoms with Crippen LogP contribution in [0.2, 0.25) is 0 Å². The second kappa shape index (κ2) is 3.86. The van der Waals surface area contributed by atoms with Gasteiger partial charge in [0, 0.05) is 0 Å². The molecule has 1 heterocycles. The molecule has 6 heteroatoms. The first-order valence-electron chi connectivity index (χ1n) is 4.88. The topological polar surface area (TPSA) is 77.0 Å². The summed E-state index contributed by atoms with van der Waals surface area (Å²) in [7, 11) is 1.22. The standard InChI is InChI=1S/C10H16N2O4/c1-9(2)6(11-12-8(14)15-5)7(13)10(3,4)16-9/h1-5H3,(H,12,14)/b11-6+. The van der Waals surface area contributed by atoms with E-state index in [1.165, 1.54) is 7.11 Å². The highest BCUT2D eigenvalue weighted by Crippen LogP contribution is 2.31. The number of amides is 1. The van der Waals surface area contributed by atoms with E-state index < -0.39 is 17.3 Å². The Balaban J connectivity index is 2.95. The Bertz CT molecular complexity index is 358. The predicted molar refractivity (Wildman–Crippen MR) is 57.2 cm³/mol. The summed E-state index contributed by atoms with van der Waals surface area (Å²) in [6, 6.07) is 0. The molecule has 0 saturated carbocycles. The number of hydrogen-bond acceptors (Lipinski definition) is 5. The van der Waals surface area contributed by atoms with Crippen molar-refractivity contribution in [3.8, 4) is 0 Å². The number of Topliss-reactive ketones (excluding diaryl/α,β-unsaturated/α-hetero) is 1. The van der Waals surface area contributed by atoms with Crippen molar-refractivity contribution in [1.29, 1.82) is 0 Å². The minimum absolute atomic E-state index is 0.183. The summed E-state index contributed by atoms with van der Waals surface area (Å²) in [6.07, 6.45) is -0.721. The van der Waals surface area contributed by atoms with Crippen LogP contribution in [0, 0.1) is 0 Å². The number of nitrogens with one attached hydrogen (secondary N) is 1. The number of hydrazone groups is 1. The molecule has 1 saturated heterocycles. The van der Waals surface area contributed by atoms with Gasteiger partial charge in [-0.3, -0.25) is 4.79 Å². The second-order valence-electron chi connectivity index (χ2n) is 4.52. The van der Waals surface area contributed by atoms with Crippen LogP contribution in [0.3, 0.4) is 0 Å². The van der Waals surface area contributed by atoms with Crippen molar-refractivity contribution in [2.24, 2.45) is 5.10 Å². The molecule has 16 heavy (non-hydrogen) atoms. The Hall–Kier alpha value is -1.43. The maximum Gasteiger partial charge on any atom is 0.427 e. The first-order chi connectivity index (χ1) is 7.20. The Kier molecular flexibility index (Phi) is 3.05. The number of carbonyl (C=O) groups is 2. The highest BCUT2D eigenvalue weighted by Gasteiger charge is 2.51. The molecule has 0 aliphatic carbocycles. The summed E-state index contributed by atoms with van der Waals surface area (Å²) >= 11 is 0. The molecule has 0 spiro atoms.